The van der Waals surface area contributed by atoms with Crippen LogP contribution in [0.1, 0.15) is 40.6 Å². The first-order valence-electron chi connectivity index (χ1n) is 9.49. The molecule has 1 aromatic heterocycles. The van der Waals surface area contributed by atoms with Crippen molar-refractivity contribution in [3.05, 3.63) is 57.8 Å². The van der Waals surface area contributed by atoms with Gasteiger partial charge in [0.1, 0.15) is 0 Å². The molecule has 2 aromatic rings. The summed E-state index contributed by atoms with van der Waals surface area (Å²) in [6.45, 7) is 6.13. The maximum absolute atomic E-state index is 11.9. The minimum absolute atomic E-state index is 0.0117. The number of carbonyl (C=O) groups excluding carboxylic acids is 2. The highest BCUT2D eigenvalue weighted by atomic mass is 32.1. The second-order valence-corrected chi connectivity index (χ2v) is 8.16. The molecule has 0 bridgehead atoms. The van der Waals surface area contributed by atoms with Crippen LogP contribution in [-0.4, -0.2) is 36.3 Å². The molecule has 0 saturated carbocycles. The molecule has 2 N–H and O–H groups in total. The van der Waals surface area contributed by atoms with Crippen LogP contribution in [-0.2, 0) is 17.9 Å². The molecule has 27 heavy (non-hydrogen) atoms. The summed E-state index contributed by atoms with van der Waals surface area (Å²) in [6.07, 6.45) is 2.57. The average Bonchev–Trinajstić information content (AvgIpc) is 3.22. The van der Waals surface area contributed by atoms with Crippen LogP contribution in [0.4, 0.5) is 0 Å². The molecule has 0 atom stereocenters. The third-order valence-corrected chi connectivity index (χ3v) is 5.82. The normalized spacial score (nSPS) is 15.4. The Labute approximate surface area is 164 Å². The topological polar surface area (TPSA) is 61.4 Å². The molecule has 3 rings (SSSR count). The molecule has 0 radical (unpaired) electrons. The summed E-state index contributed by atoms with van der Waals surface area (Å²) in [6, 6.07) is 12.0. The molecule has 1 fully saturated rings. The highest BCUT2D eigenvalue weighted by Gasteiger charge is 2.15. The summed E-state index contributed by atoms with van der Waals surface area (Å²) in [5, 5.41) is 7.32. The molecule has 144 valence electrons. The number of piperidine rings is 1. The molecule has 1 saturated heterocycles. The van der Waals surface area contributed by atoms with Gasteiger partial charge in [0, 0.05) is 13.1 Å². The summed E-state index contributed by atoms with van der Waals surface area (Å²) in [5.74, 6) is 0.449. The first-order valence-corrected chi connectivity index (χ1v) is 10.4. The average molecular weight is 386 g/mol. The maximum atomic E-state index is 11.9. The van der Waals surface area contributed by atoms with Gasteiger partial charge in [-0.2, -0.15) is 0 Å². The van der Waals surface area contributed by atoms with E-state index >= 15 is 0 Å². The number of benzene rings is 1. The molecule has 0 aliphatic carbocycles. The second kappa shape index (κ2) is 9.67. The van der Waals surface area contributed by atoms with E-state index in [2.05, 4.69) is 46.7 Å². The van der Waals surface area contributed by atoms with E-state index < -0.39 is 0 Å². The van der Waals surface area contributed by atoms with E-state index in [9.17, 15) is 9.59 Å². The largest absolute Gasteiger partial charge is 0.350 e. The van der Waals surface area contributed by atoms with Crippen molar-refractivity contribution < 1.29 is 9.59 Å². The zero-order valence-electron chi connectivity index (χ0n) is 15.7. The first-order chi connectivity index (χ1) is 13.1. The zero-order chi connectivity index (χ0) is 19.1. The van der Waals surface area contributed by atoms with E-state index in [1.54, 1.807) is 6.07 Å². The van der Waals surface area contributed by atoms with Crippen molar-refractivity contribution in [1.29, 1.82) is 0 Å². The molecule has 1 aliphatic heterocycles. The monoisotopic (exact) mass is 385 g/mol. The molecular weight excluding hydrogens is 358 g/mol. The number of amides is 2. The maximum Gasteiger partial charge on any atom is 0.261 e. The van der Waals surface area contributed by atoms with Crippen LogP contribution < -0.4 is 10.6 Å². The molecule has 0 unspecified atom stereocenters. The van der Waals surface area contributed by atoms with Crippen LogP contribution >= 0.6 is 11.3 Å². The Bertz CT molecular complexity index is 735. The fraction of sp³-hybridized carbons (Fsp3) is 0.429. The zero-order valence-corrected chi connectivity index (χ0v) is 16.6. The van der Waals surface area contributed by atoms with Crippen LogP contribution in [0.3, 0.4) is 0 Å². The van der Waals surface area contributed by atoms with Crippen molar-refractivity contribution in [2.24, 2.45) is 5.92 Å². The Morgan fingerprint density at radius 3 is 2.44 bits per heavy atom. The lowest BCUT2D eigenvalue weighted by atomic mass is 9.99. The Kier molecular flexibility index (Phi) is 7.01. The lowest BCUT2D eigenvalue weighted by Gasteiger charge is -2.30. The minimum atomic E-state index is -0.211. The number of likely N-dealkylation sites (tertiary alicyclic amines) is 1. The highest BCUT2D eigenvalue weighted by Crippen LogP contribution is 2.18. The standard InChI is InChI=1S/C21H27N3O2S/c1-16-8-10-24(11-9-16)15-18-6-4-17(5-7-18)13-22-20(25)14-23-21(26)19-3-2-12-27-19/h2-7,12,16H,8-11,13-15H2,1H3,(H,22,25)(H,23,26). The Morgan fingerprint density at radius 2 is 1.78 bits per heavy atom. The predicted molar refractivity (Wildman–Crippen MR) is 109 cm³/mol. The fourth-order valence-electron chi connectivity index (χ4n) is 3.16. The van der Waals surface area contributed by atoms with Gasteiger partial charge < -0.3 is 10.6 Å². The van der Waals surface area contributed by atoms with Gasteiger partial charge in [-0.1, -0.05) is 37.3 Å². The van der Waals surface area contributed by atoms with Crippen LogP contribution in [0, 0.1) is 5.92 Å². The predicted octanol–water partition coefficient (Wildman–Crippen LogP) is 3.03. The number of rotatable bonds is 7. The van der Waals surface area contributed by atoms with E-state index in [0.29, 0.717) is 11.4 Å². The quantitative estimate of drug-likeness (QED) is 0.770. The van der Waals surface area contributed by atoms with Gasteiger partial charge >= 0.3 is 0 Å². The lowest BCUT2D eigenvalue weighted by molar-refractivity contribution is -0.120. The fourth-order valence-corrected chi connectivity index (χ4v) is 3.80. The Morgan fingerprint density at radius 1 is 1.07 bits per heavy atom. The Hall–Kier alpha value is -2.18. The lowest BCUT2D eigenvalue weighted by Crippen LogP contribution is -2.36. The van der Waals surface area contributed by atoms with Gasteiger partial charge in [0.15, 0.2) is 0 Å². The van der Waals surface area contributed by atoms with Crippen LogP contribution in [0.5, 0.6) is 0 Å². The number of carbonyl (C=O) groups is 2. The minimum Gasteiger partial charge on any atom is -0.350 e. The van der Waals surface area contributed by atoms with Gasteiger partial charge in [-0.05, 0) is 54.4 Å². The van der Waals surface area contributed by atoms with Gasteiger partial charge in [-0.3, -0.25) is 14.5 Å². The number of nitrogens with one attached hydrogen (secondary N) is 2. The third kappa shape index (κ3) is 6.19. The van der Waals surface area contributed by atoms with Gasteiger partial charge in [-0.15, -0.1) is 11.3 Å². The first kappa shape index (κ1) is 19.6. The van der Waals surface area contributed by atoms with Gasteiger partial charge in [0.25, 0.3) is 5.91 Å². The number of nitrogens with zero attached hydrogens (tertiary/aromatic N) is 1. The third-order valence-electron chi connectivity index (χ3n) is 4.95. The summed E-state index contributed by atoms with van der Waals surface area (Å²) >= 11 is 1.36. The number of hydrogen-bond acceptors (Lipinski definition) is 4. The van der Waals surface area contributed by atoms with E-state index in [1.807, 2.05) is 11.4 Å². The smallest absolute Gasteiger partial charge is 0.261 e. The summed E-state index contributed by atoms with van der Waals surface area (Å²) in [4.78, 5) is 26.9. The summed E-state index contributed by atoms with van der Waals surface area (Å²) in [7, 11) is 0. The summed E-state index contributed by atoms with van der Waals surface area (Å²) in [5.41, 5.74) is 2.37. The van der Waals surface area contributed by atoms with E-state index in [-0.39, 0.29) is 18.4 Å². The molecule has 2 heterocycles. The Balaban J connectivity index is 1.38. The van der Waals surface area contributed by atoms with Crippen LogP contribution in [0.25, 0.3) is 0 Å². The van der Waals surface area contributed by atoms with Gasteiger partial charge in [-0.25, -0.2) is 0 Å². The molecule has 0 spiro atoms. The van der Waals surface area contributed by atoms with Crippen molar-refractivity contribution in [3.63, 3.8) is 0 Å². The van der Waals surface area contributed by atoms with E-state index in [4.69, 9.17) is 0 Å². The van der Waals surface area contributed by atoms with Gasteiger partial charge in [0.2, 0.25) is 5.91 Å². The van der Waals surface area contributed by atoms with E-state index in [0.717, 1.165) is 18.0 Å². The SMILES string of the molecule is CC1CCN(Cc2ccc(CNC(=O)CNC(=O)c3cccs3)cc2)CC1. The molecule has 1 aromatic carbocycles. The molecule has 1 aliphatic rings. The number of thiophene rings is 1. The molecule has 6 heteroatoms. The second-order valence-electron chi connectivity index (χ2n) is 7.21. The van der Waals surface area contributed by atoms with Crippen molar-refractivity contribution in [2.75, 3.05) is 19.6 Å². The van der Waals surface area contributed by atoms with Crippen molar-refractivity contribution in [3.8, 4) is 0 Å². The molecular formula is C21H27N3O2S. The van der Waals surface area contributed by atoms with Crippen molar-refractivity contribution >= 4 is 23.2 Å². The summed E-state index contributed by atoms with van der Waals surface area (Å²) < 4.78 is 0. The van der Waals surface area contributed by atoms with E-state index in [1.165, 1.54) is 42.8 Å². The van der Waals surface area contributed by atoms with Crippen LogP contribution in [0.15, 0.2) is 41.8 Å². The highest BCUT2D eigenvalue weighted by molar-refractivity contribution is 7.12. The van der Waals surface area contributed by atoms with Gasteiger partial charge in [0.05, 0.1) is 11.4 Å². The van der Waals surface area contributed by atoms with Crippen molar-refractivity contribution in [2.45, 2.75) is 32.9 Å². The molecule has 2 amide bonds. The van der Waals surface area contributed by atoms with Crippen molar-refractivity contribution in [1.82, 2.24) is 15.5 Å². The molecule has 5 nitrogen and oxygen atoms in total. The van der Waals surface area contributed by atoms with Crippen LogP contribution in [0.2, 0.25) is 0 Å². The number of hydrogen-bond donors (Lipinski definition) is 2.